The molecule has 0 rings (SSSR count). The molecule has 0 aromatic carbocycles. The zero-order valence-electron chi connectivity index (χ0n) is 57.1. The van der Waals surface area contributed by atoms with Gasteiger partial charge in [-0.1, -0.05) is 205 Å². The Kier molecular flexibility index (Phi) is 56.2. The Labute approximate surface area is 535 Å². The van der Waals surface area contributed by atoms with E-state index in [1.54, 1.807) is 14.2 Å². The highest BCUT2D eigenvalue weighted by Crippen LogP contribution is 2.44. The minimum atomic E-state index is -4.40. The molecule has 2 unspecified atom stereocenters. The number of phosphoric acid groups is 2. The highest BCUT2D eigenvalue weighted by Gasteiger charge is 2.29. The third kappa shape index (κ3) is 64.1. The van der Waals surface area contributed by atoms with Crippen molar-refractivity contribution in [2.24, 2.45) is 0 Å². The molecule has 0 aliphatic carbocycles. The van der Waals surface area contributed by atoms with Gasteiger partial charge in [0.1, 0.15) is 39.5 Å². The van der Waals surface area contributed by atoms with Gasteiger partial charge in [0, 0.05) is 53.1 Å². The van der Waals surface area contributed by atoms with Crippen LogP contribution in [0.5, 0.6) is 0 Å². The van der Waals surface area contributed by atoms with Crippen molar-refractivity contribution >= 4 is 39.5 Å². The van der Waals surface area contributed by atoms with Crippen LogP contribution in [0.15, 0.2) is 0 Å². The highest BCUT2D eigenvalue weighted by molar-refractivity contribution is 7.47. The fraction of sp³-hybridized carbons (Fsp3) is 0.939. The van der Waals surface area contributed by atoms with E-state index in [1.807, 2.05) is 42.3 Å². The van der Waals surface area contributed by atoms with E-state index in [-0.39, 0.29) is 52.1 Å². The van der Waals surface area contributed by atoms with Crippen LogP contribution in [0.1, 0.15) is 270 Å². The lowest BCUT2D eigenvalue weighted by Crippen LogP contribution is -2.37. The van der Waals surface area contributed by atoms with Gasteiger partial charge in [0.2, 0.25) is 0 Å². The first kappa shape index (κ1) is 85.9. The zero-order chi connectivity index (χ0) is 65.3. The van der Waals surface area contributed by atoms with Crippen LogP contribution in [0.25, 0.3) is 0 Å². The number of likely N-dealkylation sites (N-methyl/N-ethyl adjacent to an activating group) is 2. The van der Waals surface area contributed by atoms with Crippen LogP contribution in [0, 0.1) is 0 Å². The van der Waals surface area contributed by atoms with E-state index >= 15 is 0 Å². The van der Waals surface area contributed by atoms with Gasteiger partial charge < -0.3 is 47.2 Å². The number of nitrogens with zero attached hydrogens (tertiary/aromatic N) is 2. The molecule has 0 aromatic rings. The van der Waals surface area contributed by atoms with Crippen molar-refractivity contribution in [1.29, 1.82) is 0 Å². The van der Waals surface area contributed by atoms with Crippen molar-refractivity contribution in [3.8, 4) is 0 Å². The Balaban J connectivity index is 3.94. The summed E-state index contributed by atoms with van der Waals surface area (Å²) in [6.45, 7) is 1.08. The van der Waals surface area contributed by atoms with Gasteiger partial charge >= 0.3 is 39.5 Å². The van der Waals surface area contributed by atoms with Crippen molar-refractivity contribution < 1.29 is 93.6 Å². The Bertz CT molecular complexity index is 1640. The molecular weight excluding hydrogens is 1170 g/mol. The number of ether oxygens (including phenoxy) is 6. The first-order chi connectivity index (χ1) is 42.1. The summed E-state index contributed by atoms with van der Waals surface area (Å²) in [4.78, 5) is 70.7. The van der Waals surface area contributed by atoms with Gasteiger partial charge in [-0.05, 0) is 38.5 Å². The maximum absolute atomic E-state index is 12.6. The number of methoxy groups -OCH3 is 2. The zero-order valence-corrected chi connectivity index (χ0v) is 58.9. The smallest absolute Gasteiger partial charge is 0.462 e. The highest BCUT2D eigenvalue weighted by atomic mass is 31.2. The number of hydrogen-bond acceptors (Lipinski definition) is 16. The van der Waals surface area contributed by atoms with Crippen LogP contribution in [-0.2, 0) is 74.8 Å². The third-order valence-corrected chi connectivity index (χ3v) is 17.3. The molecule has 20 nitrogen and oxygen atoms in total. The number of carbonyl (C=O) groups excluding carboxylic acids is 4. The predicted molar refractivity (Wildman–Crippen MR) is 349 cm³/mol. The predicted octanol–water partition coefficient (Wildman–Crippen LogP) is 15.3. The number of carbonyl (C=O) groups is 4. The topological polar surface area (TPSA) is 235 Å². The molecule has 0 spiro atoms. The molecule has 522 valence electrons. The summed E-state index contributed by atoms with van der Waals surface area (Å²) in [6, 6.07) is 0. The molecule has 0 fully saturated rings. The summed E-state index contributed by atoms with van der Waals surface area (Å²) in [6.07, 6.45) is 42.0. The summed E-state index contributed by atoms with van der Waals surface area (Å²) in [7, 11) is 6.19. The molecule has 0 aliphatic rings. The number of rotatable bonds is 67. The van der Waals surface area contributed by atoms with E-state index in [2.05, 4.69) is 0 Å². The van der Waals surface area contributed by atoms with E-state index in [0.717, 1.165) is 116 Å². The van der Waals surface area contributed by atoms with Crippen LogP contribution >= 0.6 is 15.6 Å². The molecular formula is C66H132N2O18P2+2. The van der Waals surface area contributed by atoms with Crippen molar-refractivity contribution in [3.63, 3.8) is 0 Å². The van der Waals surface area contributed by atoms with Crippen molar-refractivity contribution in [2.75, 3.05) is 122 Å². The molecule has 0 radical (unpaired) electrons. The van der Waals surface area contributed by atoms with Gasteiger partial charge in [0.15, 0.2) is 12.2 Å². The Morgan fingerprint density at radius 3 is 0.750 bits per heavy atom. The van der Waals surface area contributed by atoms with Crippen LogP contribution in [0.3, 0.4) is 0 Å². The first-order valence-corrected chi connectivity index (χ1v) is 37.6. The minimum Gasteiger partial charge on any atom is -0.462 e. The molecule has 0 bridgehead atoms. The van der Waals surface area contributed by atoms with Gasteiger partial charge in [-0.15, -0.1) is 0 Å². The molecule has 0 saturated carbocycles. The molecule has 88 heavy (non-hydrogen) atoms. The second kappa shape index (κ2) is 57.6. The number of phosphoric ester groups is 2. The minimum absolute atomic E-state index is 0.0131. The molecule has 0 amide bonds. The normalized spacial score (nSPS) is 14.1. The van der Waals surface area contributed by atoms with Gasteiger partial charge in [-0.3, -0.25) is 37.3 Å². The standard InChI is InChI=1S/C66H130N2O18P2/c1-67(2,3)51-55-81-87(73,74)83-59-61(85-65(71)49-43-37-33-39-45-53-77-7)57-79-63(69)47-41-35-31-29-27-25-23-21-19-17-15-13-11-9-10-12-14-16-18-20-22-24-26-28-30-32-36-42-48-64(70)80-58-62(60-84-88(75,76)82-56-52-68(4,5)6)86-66(72)50-44-38-34-40-46-54-78-8/h61-62H,9-60H2,1-8H3/p+2/t61-,62-/m1/s1. The maximum Gasteiger partial charge on any atom is 0.472 e. The van der Waals surface area contributed by atoms with Gasteiger partial charge in [0.05, 0.1) is 55.5 Å². The molecule has 0 aliphatic heterocycles. The Morgan fingerprint density at radius 2 is 0.523 bits per heavy atom. The lowest BCUT2D eigenvalue weighted by molar-refractivity contribution is -0.870. The number of quaternary nitrogens is 2. The van der Waals surface area contributed by atoms with Gasteiger partial charge in [0.25, 0.3) is 0 Å². The number of esters is 4. The van der Waals surface area contributed by atoms with E-state index in [0.29, 0.717) is 34.9 Å². The maximum atomic E-state index is 12.6. The lowest BCUT2D eigenvalue weighted by atomic mass is 10.0. The van der Waals surface area contributed by atoms with Crippen molar-refractivity contribution in [1.82, 2.24) is 0 Å². The quantitative estimate of drug-likeness (QED) is 0.0189. The first-order valence-electron chi connectivity index (χ1n) is 34.6. The summed E-state index contributed by atoms with van der Waals surface area (Å²) >= 11 is 0. The van der Waals surface area contributed by atoms with Gasteiger partial charge in [-0.2, -0.15) is 0 Å². The monoisotopic (exact) mass is 1300 g/mol. The summed E-state index contributed by atoms with van der Waals surface area (Å²) in [5, 5.41) is 0. The molecule has 0 saturated heterocycles. The molecule has 0 heterocycles. The summed E-state index contributed by atoms with van der Waals surface area (Å²) in [5.74, 6) is -1.72. The van der Waals surface area contributed by atoms with Crippen LogP contribution < -0.4 is 0 Å². The largest absolute Gasteiger partial charge is 0.472 e. The fourth-order valence-corrected chi connectivity index (χ4v) is 11.2. The number of hydrogen-bond donors (Lipinski definition) is 2. The van der Waals surface area contributed by atoms with Crippen molar-refractivity contribution in [3.05, 3.63) is 0 Å². The second-order valence-corrected chi connectivity index (χ2v) is 29.1. The summed E-state index contributed by atoms with van der Waals surface area (Å²) in [5.41, 5.74) is 0. The molecule has 4 atom stereocenters. The summed E-state index contributed by atoms with van der Waals surface area (Å²) < 4.78 is 78.7. The molecule has 0 aromatic heterocycles. The van der Waals surface area contributed by atoms with Crippen molar-refractivity contribution in [2.45, 2.75) is 282 Å². The fourth-order valence-electron chi connectivity index (χ4n) is 9.75. The Morgan fingerprint density at radius 1 is 0.307 bits per heavy atom. The third-order valence-electron chi connectivity index (χ3n) is 15.3. The van der Waals surface area contributed by atoms with E-state index in [9.17, 15) is 38.1 Å². The van der Waals surface area contributed by atoms with E-state index in [1.165, 1.54) is 128 Å². The second-order valence-electron chi connectivity index (χ2n) is 26.2. The SMILES string of the molecule is COCCCCCCCC(=O)O[C@H](COC(=O)CCCCCCCCCCCCCCCCCCCCCCCCCCCCCCC(=O)OC[C@H](COP(=O)(O)OCC[N+](C)(C)C)OC(=O)CCCCCCCOC)COP(=O)(O)OCC[N+](C)(C)C. The van der Waals surface area contributed by atoms with Gasteiger partial charge in [-0.25, -0.2) is 9.13 Å². The average molecular weight is 1300 g/mol. The van der Waals surface area contributed by atoms with Crippen LogP contribution in [0.4, 0.5) is 0 Å². The van der Waals surface area contributed by atoms with Crippen LogP contribution in [0.2, 0.25) is 0 Å². The van der Waals surface area contributed by atoms with Crippen LogP contribution in [-0.4, -0.2) is 177 Å². The number of unbranched alkanes of at least 4 members (excludes halogenated alkanes) is 35. The van der Waals surface area contributed by atoms with E-state index < -0.39 is 64.9 Å². The Hall–Kier alpha value is -2.06. The molecule has 22 heteroatoms. The molecule has 2 N–H and O–H groups in total. The lowest BCUT2D eigenvalue weighted by Gasteiger charge is -2.24. The average Bonchev–Trinajstić information content (AvgIpc) is 3.57. The van der Waals surface area contributed by atoms with E-state index in [4.69, 9.17) is 46.5 Å².